The Morgan fingerprint density at radius 1 is 1.00 bits per heavy atom. The number of sulfonamides is 1. The van der Waals surface area contributed by atoms with E-state index in [4.69, 9.17) is 5.73 Å². The number of rotatable bonds is 4. The molecule has 0 aromatic heterocycles. The fraction of sp³-hybridized carbons (Fsp3) is 0. The fourth-order valence-electron chi connectivity index (χ4n) is 2.17. The van der Waals surface area contributed by atoms with Crippen molar-refractivity contribution in [2.45, 2.75) is 4.90 Å². The first-order valence-electron chi connectivity index (χ1n) is 7.45. The van der Waals surface area contributed by atoms with E-state index < -0.39 is 21.7 Å². The van der Waals surface area contributed by atoms with E-state index in [1.165, 1.54) is 24.3 Å². The maximum absolute atomic E-state index is 12.3. The lowest BCUT2D eigenvalue weighted by molar-refractivity contribution is -0.115. The molecule has 0 radical (unpaired) electrons. The molecule has 1 saturated heterocycles. The normalized spacial score (nSPS) is 17.2. The van der Waals surface area contributed by atoms with Crippen molar-refractivity contribution in [2.24, 2.45) is 4.40 Å². The van der Waals surface area contributed by atoms with Gasteiger partial charge in [-0.1, -0.05) is 30.3 Å². The van der Waals surface area contributed by atoms with Crippen LogP contribution in [0.1, 0.15) is 10.4 Å². The molecule has 0 spiro atoms. The van der Waals surface area contributed by atoms with Gasteiger partial charge in [0.05, 0.1) is 4.90 Å². The van der Waals surface area contributed by atoms with Crippen molar-refractivity contribution < 1.29 is 18.0 Å². The Labute approximate surface area is 149 Å². The standard InChI is InChI=1S/C17H14N4O4S/c18-12-6-8-13(9-7-12)26(24,25)21-17-19-14(16(23)20-17)10-15(22)11-4-2-1-3-5-11/h1-10H,18H2,(H2,19,20,21,23). The Hall–Kier alpha value is -3.46. The molecule has 8 nitrogen and oxygen atoms in total. The quantitative estimate of drug-likeness (QED) is 0.414. The Bertz CT molecular complexity index is 1030. The van der Waals surface area contributed by atoms with Crippen molar-refractivity contribution in [1.82, 2.24) is 10.6 Å². The Morgan fingerprint density at radius 2 is 1.65 bits per heavy atom. The monoisotopic (exact) mass is 370 g/mol. The summed E-state index contributed by atoms with van der Waals surface area (Å²) in [7, 11) is -4.04. The molecule has 0 bridgehead atoms. The topological polar surface area (TPSA) is 131 Å². The molecule has 0 atom stereocenters. The minimum absolute atomic E-state index is 0.0759. The van der Waals surface area contributed by atoms with Gasteiger partial charge in [0.25, 0.3) is 15.9 Å². The van der Waals surface area contributed by atoms with E-state index >= 15 is 0 Å². The van der Waals surface area contributed by atoms with E-state index in [0.29, 0.717) is 11.3 Å². The molecule has 4 N–H and O–H groups in total. The number of amides is 1. The summed E-state index contributed by atoms with van der Waals surface area (Å²) in [6.07, 6.45) is 1.09. The molecular weight excluding hydrogens is 356 g/mol. The molecule has 1 amide bonds. The van der Waals surface area contributed by atoms with Gasteiger partial charge in [0, 0.05) is 17.3 Å². The summed E-state index contributed by atoms with van der Waals surface area (Å²) in [6, 6.07) is 13.8. The molecule has 9 heteroatoms. The molecule has 1 fully saturated rings. The van der Waals surface area contributed by atoms with E-state index in [0.717, 1.165) is 6.08 Å². The average molecular weight is 370 g/mol. The van der Waals surface area contributed by atoms with E-state index in [1.807, 2.05) is 0 Å². The van der Waals surface area contributed by atoms with Gasteiger partial charge in [-0.15, -0.1) is 4.40 Å². The van der Waals surface area contributed by atoms with E-state index in [1.54, 1.807) is 30.3 Å². The van der Waals surface area contributed by atoms with Crippen LogP contribution in [0.5, 0.6) is 0 Å². The van der Waals surface area contributed by atoms with Gasteiger partial charge in [-0.05, 0) is 24.3 Å². The van der Waals surface area contributed by atoms with Crippen molar-refractivity contribution in [2.75, 3.05) is 5.73 Å². The number of benzene rings is 2. The molecule has 1 aliphatic rings. The maximum Gasteiger partial charge on any atom is 0.285 e. The number of allylic oxidation sites excluding steroid dienone is 1. The molecule has 2 aromatic rings. The minimum Gasteiger partial charge on any atom is -0.399 e. The lowest BCUT2D eigenvalue weighted by atomic mass is 10.1. The van der Waals surface area contributed by atoms with Crippen molar-refractivity contribution >= 4 is 33.4 Å². The summed E-state index contributed by atoms with van der Waals surface area (Å²) in [5.74, 6) is -1.33. The second-order valence-electron chi connectivity index (χ2n) is 5.35. The Morgan fingerprint density at radius 3 is 2.31 bits per heavy atom. The summed E-state index contributed by atoms with van der Waals surface area (Å²) in [4.78, 5) is 24.0. The number of hydrogen-bond acceptors (Lipinski definition) is 5. The zero-order chi connectivity index (χ0) is 18.7. The Kier molecular flexibility index (Phi) is 4.55. The van der Waals surface area contributed by atoms with Crippen LogP contribution >= 0.6 is 0 Å². The van der Waals surface area contributed by atoms with Gasteiger partial charge < -0.3 is 11.1 Å². The summed E-state index contributed by atoms with van der Waals surface area (Å²) in [6.45, 7) is 0. The lowest BCUT2D eigenvalue weighted by Gasteiger charge is -2.01. The number of anilines is 1. The van der Waals surface area contributed by atoms with Gasteiger partial charge in [0.1, 0.15) is 5.70 Å². The number of carbonyl (C=O) groups is 2. The van der Waals surface area contributed by atoms with Gasteiger partial charge in [0.15, 0.2) is 5.78 Å². The number of nitrogens with one attached hydrogen (secondary N) is 2. The van der Waals surface area contributed by atoms with E-state index in [2.05, 4.69) is 15.0 Å². The van der Waals surface area contributed by atoms with Crippen LogP contribution in [-0.2, 0) is 14.8 Å². The van der Waals surface area contributed by atoms with Crippen molar-refractivity contribution in [3.05, 3.63) is 71.9 Å². The molecule has 3 rings (SSSR count). The zero-order valence-electron chi connectivity index (χ0n) is 13.3. The summed E-state index contributed by atoms with van der Waals surface area (Å²) in [5.41, 5.74) is 6.24. The highest BCUT2D eigenvalue weighted by atomic mass is 32.2. The number of ketones is 1. The number of nitrogen functional groups attached to an aromatic ring is 1. The van der Waals surface area contributed by atoms with Crippen LogP contribution in [0.3, 0.4) is 0 Å². The van der Waals surface area contributed by atoms with Crippen molar-refractivity contribution in [3.63, 3.8) is 0 Å². The lowest BCUT2D eigenvalue weighted by Crippen LogP contribution is -2.26. The number of hydrogen-bond donors (Lipinski definition) is 3. The molecule has 1 heterocycles. The van der Waals surface area contributed by atoms with E-state index in [9.17, 15) is 18.0 Å². The highest BCUT2D eigenvalue weighted by Crippen LogP contribution is 2.15. The summed E-state index contributed by atoms with van der Waals surface area (Å²) >= 11 is 0. The van der Waals surface area contributed by atoms with Gasteiger partial charge in [-0.25, -0.2) is 0 Å². The first-order valence-corrected chi connectivity index (χ1v) is 8.89. The van der Waals surface area contributed by atoms with Gasteiger partial charge >= 0.3 is 0 Å². The third-order valence-electron chi connectivity index (χ3n) is 3.45. The first kappa shape index (κ1) is 17.4. The predicted molar refractivity (Wildman–Crippen MR) is 95.6 cm³/mol. The highest BCUT2D eigenvalue weighted by molar-refractivity contribution is 7.90. The van der Waals surface area contributed by atoms with Crippen LogP contribution in [-0.4, -0.2) is 26.1 Å². The fourth-order valence-corrected chi connectivity index (χ4v) is 3.08. The molecule has 0 saturated carbocycles. The van der Waals surface area contributed by atoms with Gasteiger partial charge in [0.2, 0.25) is 5.96 Å². The minimum atomic E-state index is -4.04. The van der Waals surface area contributed by atoms with Crippen LogP contribution in [0.15, 0.2) is 75.7 Å². The highest BCUT2D eigenvalue weighted by Gasteiger charge is 2.25. The number of guanidine groups is 1. The average Bonchev–Trinajstić information content (AvgIpc) is 2.94. The third kappa shape index (κ3) is 3.78. The number of nitrogens with two attached hydrogens (primary N) is 1. The summed E-state index contributed by atoms with van der Waals surface area (Å²) < 4.78 is 28.0. The largest absolute Gasteiger partial charge is 0.399 e. The van der Waals surface area contributed by atoms with Crippen LogP contribution in [0.2, 0.25) is 0 Å². The second-order valence-corrected chi connectivity index (χ2v) is 6.96. The van der Waals surface area contributed by atoms with Crippen molar-refractivity contribution in [1.29, 1.82) is 0 Å². The van der Waals surface area contributed by atoms with Crippen molar-refractivity contribution in [3.8, 4) is 0 Å². The third-order valence-corrected chi connectivity index (χ3v) is 4.74. The predicted octanol–water partition coefficient (Wildman–Crippen LogP) is 0.800. The smallest absolute Gasteiger partial charge is 0.285 e. The van der Waals surface area contributed by atoms with Crippen LogP contribution in [0, 0.1) is 0 Å². The molecule has 1 aliphatic heterocycles. The molecule has 2 aromatic carbocycles. The molecule has 0 unspecified atom stereocenters. The van der Waals surface area contributed by atoms with Gasteiger partial charge in [-0.2, -0.15) is 8.42 Å². The second kappa shape index (κ2) is 6.81. The molecule has 132 valence electrons. The number of nitrogens with zero attached hydrogens (tertiary/aromatic N) is 1. The van der Waals surface area contributed by atoms with Crippen LogP contribution < -0.4 is 16.4 Å². The van der Waals surface area contributed by atoms with Gasteiger partial charge in [-0.3, -0.25) is 14.9 Å². The molecule has 0 aliphatic carbocycles. The zero-order valence-corrected chi connectivity index (χ0v) is 14.2. The van der Waals surface area contributed by atoms with E-state index in [-0.39, 0.29) is 16.6 Å². The van der Waals surface area contributed by atoms with Crippen LogP contribution in [0.4, 0.5) is 5.69 Å². The molecule has 26 heavy (non-hydrogen) atoms. The van der Waals surface area contributed by atoms with Crippen LogP contribution in [0.25, 0.3) is 0 Å². The molecular formula is C17H14N4O4S. The number of carbonyl (C=O) groups excluding carboxylic acids is 2. The maximum atomic E-state index is 12.3. The summed E-state index contributed by atoms with van der Waals surface area (Å²) in [5, 5.41) is 4.78. The SMILES string of the molecule is Nc1ccc(S(=O)(=O)/N=C2\NC(=O)C(=CC(=O)c3ccccc3)N2)cc1. The first-order chi connectivity index (χ1) is 12.3. The Balaban J connectivity index is 1.83.